The van der Waals surface area contributed by atoms with Crippen LogP contribution in [0, 0.1) is 0 Å². The Bertz CT molecular complexity index is 328. The van der Waals surface area contributed by atoms with Crippen molar-refractivity contribution in [2.45, 2.75) is 6.04 Å². The fourth-order valence-electron chi connectivity index (χ4n) is 0.908. The average molecular weight is 205 g/mol. The molecule has 0 saturated heterocycles. The summed E-state index contributed by atoms with van der Waals surface area (Å²) in [6, 6.07) is 1.46. The molecule has 2 N–H and O–H groups in total. The van der Waals surface area contributed by atoms with Crippen LogP contribution in [-0.4, -0.2) is 20.4 Å². The smallest absolute Gasteiger partial charge is 0.149 e. The Kier molecular flexibility index (Phi) is 2.87. The van der Waals surface area contributed by atoms with E-state index in [2.05, 4.69) is 0 Å². The number of sulfone groups is 1. The van der Waals surface area contributed by atoms with Crippen molar-refractivity contribution in [3.63, 3.8) is 0 Å². The van der Waals surface area contributed by atoms with Gasteiger partial charge in [-0.1, -0.05) is 0 Å². The maximum absolute atomic E-state index is 10.9. The zero-order valence-corrected chi connectivity index (χ0v) is 8.36. The van der Waals surface area contributed by atoms with E-state index in [1.807, 2.05) is 16.8 Å². The SMILES string of the molecule is CS(=O)(=O)CC(N)c1ccsc1. The molecular formula is C7H11NO2S2. The third-order valence-electron chi connectivity index (χ3n) is 1.45. The van der Waals surface area contributed by atoms with Crippen LogP contribution in [-0.2, 0) is 9.84 Å². The highest BCUT2D eigenvalue weighted by molar-refractivity contribution is 7.90. The predicted octanol–water partition coefficient (Wildman–Crippen LogP) is 0.792. The molecule has 0 aromatic carbocycles. The van der Waals surface area contributed by atoms with Gasteiger partial charge >= 0.3 is 0 Å². The first-order valence-corrected chi connectivity index (χ1v) is 6.45. The Balaban J connectivity index is 2.68. The van der Waals surface area contributed by atoms with Crippen LogP contribution in [0.2, 0.25) is 0 Å². The van der Waals surface area contributed by atoms with Crippen molar-refractivity contribution < 1.29 is 8.42 Å². The van der Waals surface area contributed by atoms with Gasteiger partial charge in [0.05, 0.1) is 5.75 Å². The van der Waals surface area contributed by atoms with Gasteiger partial charge in [0.25, 0.3) is 0 Å². The van der Waals surface area contributed by atoms with Crippen LogP contribution in [0.15, 0.2) is 16.8 Å². The summed E-state index contributed by atoms with van der Waals surface area (Å²) in [5, 5.41) is 3.76. The lowest BCUT2D eigenvalue weighted by Crippen LogP contribution is -2.20. The number of rotatable bonds is 3. The molecule has 0 bridgehead atoms. The highest BCUT2D eigenvalue weighted by Gasteiger charge is 2.12. The van der Waals surface area contributed by atoms with E-state index in [1.165, 1.54) is 17.6 Å². The topological polar surface area (TPSA) is 60.2 Å². The van der Waals surface area contributed by atoms with Crippen molar-refractivity contribution in [3.8, 4) is 0 Å². The van der Waals surface area contributed by atoms with Gasteiger partial charge in [-0.3, -0.25) is 0 Å². The first-order valence-electron chi connectivity index (χ1n) is 3.44. The van der Waals surface area contributed by atoms with E-state index in [-0.39, 0.29) is 11.8 Å². The normalized spacial score (nSPS) is 14.5. The lowest BCUT2D eigenvalue weighted by Gasteiger charge is -2.06. The Morgan fingerprint density at radius 2 is 2.33 bits per heavy atom. The molecular weight excluding hydrogens is 194 g/mol. The van der Waals surface area contributed by atoms with Crippen molar-refractivity contribution in [1.82, 2.24) is 0 Å². The average Bonchev–Trinajstić information content (AvgIpc) is 2.32. The lowest BCUT2D eigenvalue weighted by molar-refractivity contribution is 0.595. The van der Waals surface area contributed by atoms with Crippen LogP contribution in [0.1, 0.15) is 11.6 Å². The molecule has 3 nitrogen and oxygen atoms in total. The summed E-state index contributed by atoms with van der Waals surface area (Å²) in [4.78, 5) is 0. The minimum atomic E-state index is -2.97. The van der Waals surface area contributed by atoms with Crippen LogP contribution in [0.25, 0.3) is 0 Å². The molecule has 1 unspecified atom stereocenters. The minimum absolute atomic E-state index is 0.0176. The maximum atomic E-state index is 10.9. The molecule has 0 aliphatic carbocycles. The Hall–Kier alpha value is -0.390. The van der Waals surface area contributed by atoms with Crippen LogP contribution in [0.4, 0.5) is 0 Å². The van der Waals surface area contributed by atoms with Crippen LogP contribution >= 0.6 is 11.3 Å². The van der Waals surface area contributed by atoms with Gasteiger partial charge in [-0.25, -0.2) is 8.42 Å². The molecule has 1 aromatic rings. The number of hydrogen-bond acceptors (Lipinski definition) is 4. The third-order valence-corrected chi connectivity index (χ3v) is 3.12. The van der Waals surface area contributed by atoms with Gasteiger partial charge in [0.1, 0.15) is 9.84 Å². The lowest BCUT2D eigenvalue weighted by atomic mass is 10.2. The molecule has 0 spiro atoms. The molecule has 0 aliphatic rings. The quantitative estimate of drug-likeness (QED) is 0.793. The molecule has 0 aliphatic heterocycles. The highest BCUT2D eigenvalue weighted by atomic mass is 32.2. The molecule has 68 valence electrons. The highest BCUT2D eigenvalue weighted by Crippen LogP contribution is 2.15. The number of nitrogens with two attached hydrogens (primary N) is 1. The van der Waals surface area contributed by atoms with Crippen LogP contribution in [0.3, 0.4) is 0 Å². The van der Waals surface area contributed by atoms with Crippen molar-refractivity contribution in [3.05, 3.63) is 22.4 Å². The summed E-state index contributed by atoms with van der Waals surface area (Å²) in [5.74, 6) is 0.0176. The van der Waals surface area contributed by atoms with Gasteiger partial charge in [0.2, 0.25) is 0 Å². The van der Waals surface area contributed by atoms with Gasteiger partial charge < -0.3 is 5.73 Å². The van der Waals surface area contributed by atoms with E-state index in [0.717, 1.165) is 5.56 Å². The molecule has 5 heteroatoms. The molecule has 1 atom stereocenters. The minimum Gasteiger partial charge on any atom is -0.323 e. The molecule has 0 radical (unpaired) electrons. The summed E-state index contributed by atoms with van der Waals surface area (Å²) in [7, 11) is -2.97. The number of thiophene rings is 1. The largest absolute Gasteiger partial charge is 0.323 e. The molecule has 0 saturated carbocycles. The maximum Gasteiger partial charge on any atom is 0.149 e. The summed E-state index contributed by atoms with van der Waals surface area (Å²) in [6.45, 7) is 0. The summed E-state index contributed by atoms with van der Waals surface area (Å²) >= 11 is 1.52. The van der Waals surface area contributed by atoms with E-state index in [0.29, 0.717) is 0 Å². The molecule has 1 rings (SSSR count). The monoisotopic (exact) mass is 205 g/mol. The molecule has 1 aromatic heterocycles. The molecule has 12 heavy (non-hydrogen) atoms. The fraction of sp³-hybridized carbons (Fsp3) is 0.429. The van der Waals surface area contributed by atoms with Gasteiger partial charge in [0, 0.05) is 12.3 Å². The third kappa shape index (κ3) is 2.92. The molecule has 1 heterocycles. The van der Waals surface area contributed by atoms with Crippen molar-refractivity contribution >= 4 is 21.2 Å². The first-order chi connectivity index (χ1) is 5.49. The molecule has 0 fully saturated rings. The van der Waals surface area contributed by atoms with Gasteiger partial charge in [0.15, 0.2) is 0 Å². The Labute approximate surface area is 76.1 Å². The van der Waals surface area contributed by atoms with Crippen molar-refractivity contribution in [2.75, 3.05) is 12.0 Å². The fourth-order valence-corrected chi connectivity index (χ4v) is 2.48. The standard InChI is InChI=1S/C7H11NO2S2/c1-12(9,10)5-7(8)6-2-3-11-4-6/h2-4,7H,5,8H2,1H3. The second-order valence-corrected chi connectivity index (χ2v) is 5.72. The zero-order valence-electron chi connectivity index (χ0n) is 6.73. The van der Waals surface area contributed by atoms with E-state index in [9.17, 15) is 8.42 Å². The second-order valence-electron chi connectivity index (χ2n) is 2.76. The van der Waals surface area contributed by atoms with E-state index in [1.54, 1.807) is 0 Å². The molecule has 0 amide bonds. The zero-order chi connectivity index (χ0) is 9.19. The van der Waals surface area contributed by atoms with Gasteiger partial charge in [-0.05, 0) is 22.4 Å². The van der Waals surface area contributed by atoms with E-state index in [4.69, 9.17) is 5.73 Å². The predicted molar refractivity (Wildman–Crippen MR) is 51.0 cm³/mol. The number of hydrogen-bond donors (Lipinski definition) is 1. The van der Waals surface area contributed by atoms with E-state index < -0.39 is 9.84 Å². The Morgan fingerprint density at radius 1 is 1.67 bits per heavy atom. The Morgan fingerprint density at radius 3 is 2.75 bits per heavy atom. The second kappa shape index (κ2) is 3.55. The van der Waals surface area contributed by atoms with Crippen molar-refractivity contribution in [2.24, 2.45) is 5.73 Å². The van der Waals surface area contributed by atoms with Gasteiger partial charge in [-0.2, -0.15) is 11.3 Å². The van der Waals surface area contributed by atoms with Crippen molar-refractivity contribution in [1.29, 1.82) is 0 Å². The summed E-state index contributed by atoms with van der Waals surface area (Å²) in [6.07, 6.45) is 1.19. The van der Waals surface area contributed by atoms with Gasteiger partial charge in [-0.15, -0.1) is 0 Å². The summed E-state index contributed by atoms with van der Waals surface area (Å²) in [5.41, 5.74) is 6.55. The van der Waals surface area contributed by atoms with Crippen LogP contribution < -0.4 is 5.73 Å². The summed E-state index contributed by atoms with van der Waals surface area (Å²) < 4.78 is 21.7. The first kappa shape index (κ1) is 9.70. The van der Waals surface area contributed by atoms with E-state index >= 15 is 0 Å². The van der Waals surface area contributed by atoms with Crippen LogP contribution in [0.5, 0.6) is 0 Å².